The number of sulfone groups is 3. The second-order valence-corrected chi connectivity index (χ2v) is 10.7. The van der Waals surface area contributed by atoms with E-state index in [0.717, 1.165) is 0 Å². The van der Waals surface area contributed by atoms with Gasteiger partial charge in [0.05, 0.1) is 0 Å². The molecule has 110 valence electrons. The highest BCUT2D eigenvalue weighted by atomic mass is 32.3. The van der Waals surface area contributed by atoms with Crippen molar-refractivity contribution in [1.29, 1.82) is 0 Å². The van der Waals surface area contributed by atoms with Gasteiger partial charge in [-0.3, -0.25) is 0 Å². The van der Waals surface area contributed by atoms with Gasteiger partial charge in [0.15, 0.2) is 0 Å². The topological polar surface area (TPSA) is 102 Å². The fourth-order valence-electron chi connectivity index (χ4n) is 1.60. The lowest BCUT2D eigenvalue weighted by molar-refractivity contribution is 0.550. The Balaban J connectivity index is 7.08. The van der Waals surface area contributed by atoms with E-state index in [2.05, 4.69) is 19.7 Å². The van der Waals surface area contributed by atoms with Gasteiger partial charge in [0.2, 0.25) is 29.5 Å². The maximum absolute atomic E-state index is 12.1. The maximum atomic E-state index is 12.1. The van der Waals surface area contributed by atoms with E-state index in [9.17, 15) is 25.3 Å². The first-order valence-corrected chi connectivity index (χ1v) is 9.74. The Morgan fingerprint density at radius 3 is 1.21 bits per heavy atom. The zero-order valence-electron chi connectivity index (χ0n) is 10.4. The first kappa shape index (κ1) is 18.1. The lowest BCUT2D eigenvalue weighted by Gasteiger charge is -2.28. The van der Waals surface area contributed by atoms with Crippen LogP contribution in [0.15, 0.2) is 36.0 Å². The lowest BCUT2D eigenvalue weighted by Crippen LogP contribution is -2.50. The molecule has 0 bridgehead atoms. The van der Waals surface area contributed by atoms with Crippen molar-refractivity contribution in [3.05, 3.63) is 36.0 Å². The van der Waals surface area contributed by atoms with Gasteiger partial charge in [-0.05, 0) is 6.42 Å². The van der Waals surface area contributed by atoms with Crippen molar-refractivity contribution >= 4 is 29.5 Å². The third kappa shape index (κ3) is 2.54. The molecule has 0 aliphatic rings. The Labute approximate surface area is 114 Å². The van der Waals surface area contributed by atoms with E-state index in [-0.39, 0.29) is 6.42 Å². The first-order valence-electron chi connectivity index (χ1n) is 5.10. The highest BCUT2D eigenvalue weighted by molar-refractivity contribution is 8.28. The fraction of sp³-hybridized carbons (Fsp3) is 0.400. The molecule has 0 heterocycles. The molecular formula is C10H16O6S3. The molecule has 0 aliphatic carbocycles. The van der Waals surface area contributed by atoms with Gasteiger partial charge in [-0.15, -0.1) is 0 Å². The smallest absolute Gasteiger partial charge is 0.222 e. The molecule has 0 saturated carbocycles. The average Bonchev–Trinajstić information content (AvgIpc) is 2.34. The molecule has 0 aromatic rings. The van der Waals surface area contributed by atoms with Crippen LogP contribution in [0, 0.1) is 0 Å². The third-order valence-corrected chi connectivity index (χ3v) is 11.2. The van der Waals surface area contributed by atoms with Crippen molar-refractivity contribution in [2.45, 2.75) is 23.2 Å². The summed E-state index contributed by atoms with van der Waals surface area (Å²) in [6.45, 7) is 10.4. The molecule has 0 atom stereocenters. The van der Waals surface area contributed by atoms with Crippen LogP contribution < -0.4 is 0 Å². The van der Waals surface area contributed by atoms with Crippen molar-refractivity contribution in [2.75, 3.05) is 0 Å². The minimum absolute atomic E-state index is 0.00715. The van der Waals surface area contributed by atoms with E-state index in [1.165, 1.54) is 6.92 Å². The second-order valence-electron chi connectivity index (χ2n) is 3.57. The van der Waals surface area contributed by atoms with Crippen molar-refractivity contribution < 1.29 is 25.3 Å². The zero-order valence-corrected chi connectivity index (χ0v) is 12.9. The van der Waals surface area contributed by atoms with E-state index in [1.807, 2.05) is 0 Å². The Bertz CT molecular complexity index is 586. The average molecular weight is 328 g/mol. The van der Waals surface area contributed by atoms with Crippen LogP contribution in [0.2, 0.25) is 0 Å². The van der Waals surface area contributed by atoms with Crippen LogP contribution >= 0.6 is 0 Å². The SMILES string of the molecule is C=CS(=O)(=O)C(CCC)(S(=O)(=O)C=C)S(=O)(=O)C=C. The number of hydrogen-bond donors (Lipinski definition) is 0. The minimum Gasteiger partial charge on any atom is -0.222 e. The highest BCUT2D eigenvalue weighted by Crippen LogP contribution is 2.39. The van der Waals surface area contributed by atoms with Gasteiger partial charge in [0.25, 0.3) is 3.41 Å². The van der Waals surface area contributed by atoms with Crippen molar-refractivity contribution in [2.24, 2.45) is 0 Å². The van der Waals surface area contributed by atoms with Gasteiger partial charge >= 0.3 is 0 Å². The van der Waals surface area contributed by atoms with Gasteiger partial charge in [-0.2, -0.15) is 0 Å². The Kier molecular flexibility index (Phi) is 5.32. The summed E-state index contributed by atoms with van der Waals surface area (Å²) in [6.07, 6.45) is -0.628. The summed E-state index contributed by atoms with van der Waals surface area (Å²) < 4.78 is 69.3. The van der Waals surface area contributed by atoms with Gasteiger partial charge in [-0.25, -0.2) is 25.3 Å². The Morgan fingerprint density at radius 2 is 1.05 bits per heavy atom. The summed E-state index contributed by atoms with van der Waals surface area (Å²) in [4.78, 5) is 0. The van der Waals surface area contributed by atoms with E-state index < -0.39 is 39.3 Å². The zero-order chi connectivity index (χ0) is 15.5. The van der Waals surface area contributed by atoms with Crippen LogP contribution in [-0.2, 0) is 29.5 Å². The molecule has 0 spiro atoms. The molecule has 0 saturated heterocycles. The quantitative estimate of drug-likeness (QED) is 0.661. The summed E-state index contributed by atoms with van der Waals surface area (Å²) in [5.41, 5.74) is 0. The molecule has 6 nitrogen and oxygen atoms in total. The first-order chi connectivity index (χ1) is 8.49. The standard InChI is InChI=1S/C10H16O6S3/c1-5-9-10(17(11,12)6-2,18(13,14)7-3)19(15,16)8-4/h6-8H,2-5,9H2,1H3. The Morgan fingerprint density at radius 1 is 0.789 bits per heavy atom. The normalized spacial score (nSPS) is 13.7. The van der Waals surface area contributed by atoms with E-state index in [1.54, 1.807) is 0 Å². The number of rotatable bonds is 8. The summed E-state index contributed by atoms with van der Waals surface area (Å²) in [6, 6.07) is 0. The van der Waals surface area contributed by atoms with Crippen LogP contribution in [0.5, 0.6) is 0 Å². The molecule has 0 amide bonds. The molecule has 0 radical (unpaired) electrons. The third-order valence-electron chi connectivity index (χ3n) is 2.51. The van der Waals surface area contributed by atoms with Crippen molar-refractivity contribution in [3.8, 4) is 0 Å². The second kappa shape index (κ2) is 5.59. The predicted octanol–water partition coefficient (Wildman–Crippen LogP) is 1.12. The highest BCUT2D eigenvalue weighted by Gasteiger charge is 2.61. The molecule has 9 heteroatoms. The molecule has 0 fully saturated rings. The Hall–Kier alpha value is -0.930. The van der Waals surface area contributed by atoms with Gasteiger partial charge < -0.3 is 0 Å². The van der Waals surface area contributed by atoms with E-state index >= 15 is 0 Å². The molecule has 0 rings (SSSR count). The molecule has 0 N–H and O–H groups in total. The van der Waals surface area contributed by atoms with E-state index in [4.69, 9.17) is 0 Å². The van der Waals surface area contributed by atoms with Crippen LogP contribution in [0.25, 0.3) is 0 Å². The molecule has 0 unspecified atom stereocenters. The monoisotopic (exact) mass is 328 g/mol. The van der Waals surface area contributed by atoms with Crippen LogP contribution in [0.4, 0.5) is 0 Å². The van der Waals surface area contributed by atoms with Crippen LogP contribution in [0.1, 0.15) is 19.8 Å². The molecular weight excluding hydrogens is 312 g/mol. The summed E-state index contributed by atoms with van der Waals surface area (Å²) in [7, 11) is -14.0. The van der Waals surface area contributed by atoms with Gasteiger partial charge in [0.1, 0.15) is 0 Å². The van der Waals surface area contributed by atoms with Crippen molar-refractivity contribution in [3.63, 3.8) is 0 Å². The minimum atomic E-state index is -4.68. The molecule has 19 heavy (non-hydrogen) atoms. The van der Waals surface area contributed by atoms with Crippen LogP contribution in [-0.4, -0.2) is 28.7 Å². The van der Waals surface area contributed by atoms with Crippen LogP contribution in [0.3, 0.4) is 0 Å². The summed E-state index contributed by atoms with van der Waals surface area (Å²) in [5.74, 6) is 0. The van der Waals surface area contributed by atoms with E-state index in [0.29, 0.717) is 16.2 Å². The van der Waals surface area contributed by atoms with Gasteiger partial charge in [0, 0.05) is 16.2 Å². The molecule has 0 aromatic heterocycles. The number of hydrogen-bond acceptors (Lipinski definition) is 6. The molecule has 0 aliphatic heterocycles. The largest absolute Gasteiger partial charge is 0.283 e. The summed E-state index contributed by atoms with van der Waals surface area (Å²) >= 11 is 0. The maximum Gasteiger partial charge on any atom is 0.283 e. The predicted molar refractivity (Wildman–Crippen MR) is 75.0 cm³/mol. The summed E-state index contributed by atoms with van der Waals surface area (Å²) in [5, 5.41) is 0.973. The lowest BCUT2D eigenvalue weighted by atomic mass is 10.4. The fourth-order valence-corrected chi connectivity index (χ4v) is 8.94. The van der Waals surface area contributed by atoms with Crippen molar-refractivity contribution in [1.82, 2.24) is 0 Å². The molecule has 0 aromatic carbocycles. The van der Waals surface area contributed by atoms with Gasteiger partial charge in [-0.1, -0.05) is 33.1 Å².